The van der Waals surface area contributed by atoms with E-state index in [1.165, 1.54) is 5.56 Å². The summed E-state index contributed by atoms with van der Waals surface area (Å²) in [5, 5.41) is 3.06. The minimum absolute atomic E-state index is 0.184. The number of pyridine rings is 1. The van der Waals surface area contributed by atoms with E-state index in [0.29, 0.717) is 0 Å². The Kier molecular flexibility index (Phi) is 4.74. The van der Waals surface area contributed by atoms with Crippen LogP contribution in [0.4, 0.5) is 5.82 Å². The van der Waals surface area contributed by atoms with Crippen molar-refractivity contribution in [2.24, 2.45) is 0 Å². The Morgan fingerprint density at radius 2 is 2.21 bits per heavy atom. The Morgan fingerprint density at radius 1 is 1.37 bits per heavy atom. The average molecular weight is 262 g/mol. The lowest BCUT2D eigenvalue weighted by atomic mass is 10.2. The van der Waals surface area contributed by atoms with E-state index in [-0.39, 0.29) is 5.91 Å². The van der Waals surface area contributed by atoms with Crippen LogP contribution in [0.25, 0.3) is 0 Å². The Labute approximate surface area is 114 Å². The number of amides is 1. The molecule has 2 heterocycles. The first-order valence-corrected chi connectivity index (χ1v) is 6.79. The fourth-order valence-electron chi connectivity index (χ4n) is 2.41. The van der Waals surface area contributed by atoms with Crippen LogP contribution in [-0.2, 0) is 11.3 Å². The van der Waals surface area contributed by atoms with Crippen molar-refractivity contribution in [1.82, 2.24) is 14.8 Å². The SMILES string of the molecule is CNc1cc(CN2CCCN(C(C)=O)CC2)ccn1. The van der Waals surface area contributed by atoms with Crippen LogP contribution >= 0.6 is 0 Å². The van der Waals surface area contributed by atoms with Crippen LogP contribution in [-0.4, -0.2) is 53.9 Å². The van der Waals surface area contributed by atoms with Crippen molar-refractivity contribution in [2.75, 3.05) is 38.5 Å². The van der Waals surface area contributed by atoms with Crippen LogP contribution in [0.1, 0.15) is 18.9 Å². The third kappa shape index (κ3) is 3.92. The molecule has 0 bridgehead atoms. The average Bonchev–Trinajstić information content (AvgIpc) is 2.65. The van der Waals surface area contributed by atoms with Crippen molar-refractivity contribution in [3.63, 3.8) is 0 Å². The molecular weight excluding hydrogens is 240 g/mol. The summed E-state index contributed by atoms with van der Waals surface area (Å²) in [4.78, 5) is 19.9. The highest BCUT2D eigenvalue weighted by atomic mass is 16.2. The molecule has 1 N–H and O–H groups in total. The minimum Gasteiger partial charge on any atom is -0.373 e. The van der Waals surface area contributed by atoms with Gasteiger partial charge in [-0.05, 0) is 24.1 Å². The van der Waals surface area contributed by atoms with Gasteiger partial charge in [0.05, 0.1) is 0 Å². The monoisotopic (exact) mass is 262 g/mol. The summed E-state index contributed by atoms with van der Waals surface area (Å²) in [7, 11) is 1.88. The Bertz CT molecular complexity index is 435. The van der Waals surface area contributed by atoms with Gasteiger partial charge >= 0.3 is 0 Å². The normalized spacial score (nSPS) is 17.1. The first kappa shape index (κ1) is 13.8. The Hall–Kier alpha value is -1.62. The summed E-state index contributed by atoms with van der Waals surface area (Å²) in [6.07, 6.45) is 2.88. The number of hydrogen-bond acceptors (Lipinski definition) is 4. The summed E-state index contributed by atoms with van der Waals surface area (Å²) in [6, 6.07) is 4.13. The molecule has 1 fully saturated rings. The van der Waals surface area contributed by atoms with Crippen LogP contribution < -0.4 is 5.32 Å². The minimum atomic E-state index is 0.184. The van der Waals surface area contributed by atoms with E-state index in [9.17, 15) is 4.79 Å². The lowest BCUT2D eigenvalue weighted by Crippen LogP contribution is -2.33. The molecule has 1 aliphatic rings. The number of carbonyl (C=O) groups is 1. The highest BCUT2D eigenvalue weighted by Crippen LogP contribution is 2.11. The molecule has 0 spiro atoms. The largest absolute Gasteiger partial charge is 0.373 e. The van der Waals surface area contributed by atoms with E-state index < -0.39 is 0 Å². The van der Waals surface area contributed by atoms with Gasteiger partial charge in [-0.25, -0.2) is 4.98 Å². The van der Waals surface area contributed by atoms with E-state index >= 15 is 0 Å². The number of aromatic nitrogens is 1. The number of nitrogens with one attached hydrogen (secondary N) is 1. The third-order valence-electron chi connectivity index (χ3n) is 3.52. The van der Waals surface area contributed by atoms with Crippen molar-refractivity contribution in [1.29, 1.82) is 0 Å². The fraction of sp³-hybridized carbons (Fsp3) is 0.571. The fourth-order valence-corrected chi connectivity index (χ4v) is 2.41. The van der Waals surface area contributed by atoms with Gasteiger partial charge in [0.1, 0.15) is 5.82 Å². The summed E-state index contributed by atoms with van der Waals surface area (Å²) >= 11 is 0. The summed E-state index contributed by atoms with van der Waals surface area (Å²) in [5.41, 5.74) is 1.26. The molecule has 1 aromatic heterocycles. The second-order valence-corrected chi connectivity index (χ2v) is 4.94. The standard InChI is InChI=1S/C14H22N4O/c1-12(19)18-7-3-6-17(8-9-18)11-13-4-5-16-14(10-13)15-2/h4-5,10H,3,6-9,11H2,1-2H3,(H,15,16). The predicted molar refractivity (Wildman–Crippen MR) is 75.9 cm³/mol. The highest BCUT2D eigenvalue weighted by molar-refractivity contribution is 5.73. The molecule has 0 saturated carbocycles. The van der Waals surface area contributed by atoms with Crippen LogP contribution in [0.15, 0.2) is 18.3 Å². The number of hydrogen-bond donors (Lipinski definition) is 1. The highest BCUT2D eigenvalue weighted by Gasteiger charge is 2.16. The van der Waals surface area contributed by atoms with E-state index in [4.69, 9.17) is 0 Å². The topological polar surface area (TPSA) is 48.5 Å². The van der Waals surface area contributed by atoms with Gasteiger partial charge in [0.15, 0.2) is 0 Å². The zero-order chi connectivity index (χ0) is 13.7. The van der Waals surface area contributed by atoms with Crippen LogP contribution in [0.3, 0.4) is 0 Å². The molecule has 1 aromatic rings. The second kappa shape index (κ2) is 6.52. The molecule has 0 radical (unpaired) electrons. The summed E-state index contributed by atoms with van der Waals surface area (Å²) in [5.74, 6) is 1.08. The lowest BCUT2D eigenvalue weighted by molar-refractivity contribution is -0.128. The maximum atomic E-state index is 11.4. The van der Waals surface area contributed by atoms with Gasteiger partial charge in [-0.1, -0.05) is 0 Å². The van der Waals surface area contributed by atoms with E-state index in [2.05, 4.69) is 27.3 Å². The van der Waals surface area contributed by atoms with Crippen molar-refractivity contribution in [2.45, 2.75) is 19.9 Å². The molecular formula is C14H22N4O. The van der Waals surface area contributed by atoms with Gasteiger partial charge in [0, 0.05) is 52.9 Å². The van der Waals surface area contributed by atoms with Crippen molar-refractivity contribution >= 4 is 11.7 Å². The van der Waals surface area contributed by atoms with Gasteiger partial charge < -0.3 is 10.2 Å². The van der Waals surface area contributed by atoms with E-state index in [1.54, 1.807) is 6.92 Å². The number of carbonyl (C=O) groups excluding carboxylic acids is 1. The quantitative estimate of drug-likeness (QED) is 0.888. The molecule has 0 aliphatic carbocycles. The molecule has 104 valence electrons. The first-order valence-electron chi connectivity index (χ1n) is 6.79. The van der Waals surface area contributed by atoms with Crippen LogP contribution in [0.5, 0.6) is 0 Å². The first-order chi connectivity index (χ1) is 9.19. The number of rotatable bonds is 3. The molecule has 1 amide bonds. The molecule has 1 saturated heterocycles. The zero-order valence-corrected chi connectivity index (χ0v) is 11.7. The molecule has 19 heavy (non-hydrogen) atoms. The van der Waals surface area contributed by atoms with Crippen molar-refractivity contribution in [3.05, 3.63) is 23.9 Å². The van der Waals surface area contributed by atoms with Crippen LogP contribution in [0, 0.1) is 0 Å². The van der Waals surface area contributed by atoms with Gasteiger partial charge in [0.2, 0.25) is 5.91 Å². The molecule has 0 unspecified atom stereocenters. The zero-order valence-electron chi connectivity index (χ0n) is 11.7. The second-order valence-electron chi connectivity index (χ2n) is 4.94. The Morgan fingerprint density at radius 3 is 2.95 bits per heavy atom. The Balaban J connectivity index is 1.93. The van der Waals surface area contributed by atoms with Gasteiger partial charge in [-0.15, -0.1) is 0 Å². The van der Waals surface area contributed by atoms with E-state index in [1.807, 2.05) is 18.1 Å². The molecule has 0 atom stereocenters. The van der Waals surface area contributed by atoms with E-state index in [0.717, 1.165) is 45.0 Å². The summed E-state index contributed by atoms with van der Waals surface area (Å²) in [6.45, 7) is 6.27. The van der Waals surface area contributed by atoms with Gasteiger partial charge in [-0.3, -0.25) is 9.69 Å². The number of nitrogens with zero attached hydrogens (tertiary/aromatic N) is 3. The number of anilines is 1. The molecule has 0 aromatic carbocycles. The van der Waals surface area contributed by atoms with Crippen LogP contribution in [0.2, 0.25) is 0 Å². The molecule has 5 nitrogen and oxygen atoms in total. The molecule has 5 heteroatoms. The summed E-state index contributed by atoms with van der Waals surface area (Å²) < 4.78 is 0. The van der Waals surface area contributed by atoms with Crippen molar-refractivity contribution < 1.29 is 4.79 Å². The maximum absolute atomic E-state index is 11.4. The van der Waals surface area contributed by atoms with Crippen molar-refractivity contribution in [3.8, 4) is 0 Å². The van der Waals surface area contributed by atoms with Gasteiger partial charge in [-0.2, -0.15) is 0 Å². The predicted octanol–water partition coefficient (Wildman–Crippen LogP) is 1.18. The van der Waals surface area contributed by atoms with Gasteiger partial charge in [0.25, 0.3) is 0 Å². The maximum Gasteiger partial charge on any atom is 0.219 e. The third-order valence-corrected chi connectivity index (χ3v) is 3.52. The molecule has 2 rings (SSSR count). The molecule has 1 aliphatic heterocycles. The smallest absolute Gasteiger partial charge is 0.219 e. The lowest BCUT2D eigenvalue weighted by Gasteiger charge is -2.21.